The van der Waals surface area contributed by atoms with Gasteiger partial charge in [0.05, 0.1) is 17.3 Å². The molecule has 204 valence electrons. The number of fused-ring (bicyclic) bond motifs is 3. The fraction of sp³-hybridized carbons (Fsp3) is 0.0667. The van der Waals surface area contributed by atoms with E-state index in [1.165, 1.54) is 4.68 Å². The first-order valence-corrected chi connectivity index (χ1v) is 12.2. The molecule has 41 heavy (non-hydrogen) atoms. The summed E-state index contributed by atoms with van der Waals surface area (Å²) in [4.78, 5) is 9.75. The summed E-state index contributed by atoms with van der Waals surface area (Å²) in [5.74, 6) is -0.191. The Kier molecular flexibility index (Phi) is 6.46. The Morgan fingerprint density at radius 3 is 1.63 bits per heavy atom. The number of aromatic nitrogens is 6. The van der Waals surface area contributed by atoms with Gasteiger partial charge in [0.2, 0.25) is 0 Å². The number of alkyl halides is 3. The number of pyridine rings is 2. The molecule has 2 aromatic carbocycles. The Balaban J connectivity index is 0.00000302. The molecule has 0 aliphatic heterocycles. The largest absolute Gasteiger partial charge is 2.00 e. The van der Waals surface area contributed by atoms with E-state index in [0.717, 1.165) is 39.1 Å². The molecular formula is C30H16F4N6Pt. The van der Waals surface area contributed by atoms with E-state index in [1.54, 1.807) is 24.3 Å². The van der Waals surface area contributed by atoms with Crippen LogP contribution in [-0.2, 0) is 32.7 Å². The molecule has 6 nitrogen and oxygen atoms in total. The Bertz CT molecular complexity index is 1850. The molecule has 0 saturated heterocycles. The van der Waals surface area contributed by atoms with Gasteiger partial charge in [-0.15, -0.1) is 12.1 Å². The summed E-state index contributed by atoms with van der Waals surface area (Å²) in [7, 11) is 0. The fourth-order valence-electron chi connectivity index (χ4n) is 5.35. The van der Waals surface area contributed by atoms with Crippen LogP contribution in [0.1, 0.15) is 28.2 Å². The predicted molar refractivity (Wildman–Crippen MR) is 136 cm³/mol. The molecule has 0 N–H and O–H groups in total. The predicted octanol–water partition coefficient (Wildman–Crippen LogP) is 5.97. The molecule has 0 radical (unpaired) electrons. The molecule has 0 atom stereocenters. The van der Waals surface area contributed by atoms with Gasteiger partial charge in [-0.05, 0) is 34.4 Å². The third-order valence-electron chi connectivity index (χ3n) is 6.95. The summed E-state index contributed by atoms with van der Waals surface area (Å²) in [6.45, 7) is 0. The van der Waals surface area contributed by atoms with Crippen LogP contribution in [-0.4, -0.2) is 29.5 Å². The average Bonchev–Trinajstić information content (AvgIpc) is 3.70. The van der Waals surface area contributed by atoms with Gasteiger partial charge in [-0.3, -0.25) is 19.5 Å². The molecule has 4 heterocycles. The summed E-state index contributed by atoms with van der Waals surface area (Å²) >= 11 is 0. The zero-order valence-electron chi connectivity index (χ0n) is 20.7. The van der Waals surface area contributed by atoms with Crippen LogP contribution in [0.5, 0.6) is 0 Å². The molecule has 11 heteroatoms. The maximum absolute atomic E-state index is 13.7. The van der Waals surface area contributed by atoms with Crippen LogP contribution in [0.25, 0.3) is 22.8 Å². The van der Waals surface area contributed by atoms with Crippen LogP contribution >= 0.6 is 0 Å². The zero-order chi connectivity index (χ0) is 27.5. The minimum absolute atomic E-state index is 0. The fourth-order valence-corrected chi connectivity index (χ4v) is 5.35. The zero-order valence-corrected chi connectivity index (χ0v) is 23.0. The van der Waals surface area contributed by atoms with Crippen molar-refractivity contribution in [3.05, 3.63) is 144 Å². The maximum Gasteiger partial charge on any atom is 2.00 e. The van der Waals surface area contributed by atoms with Crippen molar-refractivity contribution in [2.45, 2.75) is 11.6 Å². The topological polar surface area (TPSA) is 61.4 Å². The van der Waals surface area contributed by atoms with Crippen LogP contribution in [0.4, 0.5) is 17.6 Å². The maximum atomic E-state index is 13.7. The number of benzene rings is 2. The van der Waals surface area contributed by atoms with Crippen LogP contribution in [0, 0.1) is 18.3 Å². The number of hydrogen-bond donors (Lipinski definition) is 0. The van der Waals surface area contributed by atoms with Crippen LogP contribution in [0.3, 0.4) is 0 Å². The second-order valence-corrected chi connectivity index (χ2v) is 9.18. The number of hydrogen-bond acceptors (Lipinski definition) is 4. The quantitative estimate of drug-likeness (QED) is 0.166. The molecule has 0 amide bonds. The van der Waals surface area contributed by atoms with Gasteiger partial charge in [-0.25, -0.2) is 5.10 Å². The van der Waals surface area contributed by atoms with Crippen molar-refractivity contribution < 1.29 is 38.6 Å². The van der Waals surface area contributed by atoms with Crippen molar-refractivity contribution in [1.82, 2.24) is 29.5 Å². The number of halogens is 4. The van der Waals surface area contributed by atoms with Gasteiger partial charge in [0, 0.05) is 11.4 Å². The Labute approximate surface area is 245 Å². The molecule has 1 aliphatic carbocycles. The van der Waals surface area contributed by atoms with E-state index < -0.39 is 23.2 Å². The van der Waals surface area contributed by atoms with Gasteiger partial charge < -0.3 is 9.36 Å². The summed E-state index contributed by atoms with van der Waals surface area (Å²) in [5, 5.41) is 7.48. The summed E-state index contributed by atoms with van der Waals surface area (Å²) in [6.07, 6.45) is 0.632. The third-order valence-corrected chi connectivity index (χ3v) is 6.95. The van der Waals surface area contributed by atoms with Crippen molar-refractivity contribution in [2.75, 3.05) is 0 Å². The van der Waals surface area contributed by atoms with Gasteiger partial charge in [0.25, 0.3) is 0 Å². The van der Waals surface area contributed by atoms with Crippen LogP contribution < -0.4 is 0 Å². The molecule has 4 aromatic heterocycles. The molecule has 6 aromatic rings. The van der Waals surface area contributed by atoms with Crippen LogP contribution in [0.15, 0.2) is 97.1 Å². The number of rotatable bonds is 4. The van der Waals surface area contributed by atoms with E-state index >= 15 is 0 Å². The van der Waals surface area contributed by atoms with E-state index in [4.69, 9.17) is 9.97 Å². The smallest absolute Gasteiger partial charge is 0.343 e. The van der Waals surface area contributed by atoms with Crippen molar-refractivity contribution in [3.8, 4) is 22.8 Å². The van der Waals surface area contributed by atoms with Crippen LogP contribution in [0.2, 0.25) is 0 Å². The molecule has 0 unspecified atom stereocenters. The molecule has 1 aliphatic rings. The SMILES string of the molecule is Fc1c[c-]n(-c2cccc(C3(c4cccc(-n5[c-]cc(C(F)(F)F)n5)n4)c4ccccc4-c4ccccc43)n2)n1.[Pt+2]. The summed E-state index contributed by atoms with van der Waals surface area (Å²) in [5.41, 5.74) is 2.67. The van der Waals surface area contributed by atoms with Crippen molar-refractivity contribution >= 4 is 0 Å². The summed E-state index contributed by atoms with van der Waals surface area (Å²) in [6, 6.07) is 28.0. The van der Waals surface area contributed by atoms with Crippen molar-refractivity contribution in [1.29, 1.82) is 0 Å². The molecular weight excluding hydrogens is 715 g/mol. The normalized spacial score (nSPS) is 13.4. The van der Waals surface area contributed by atoms with E-state index in [1.807, 2.05) is 60.7 Å². The first kappa shape index (κ1) is 26.8. The summed E-state index contributed by atoms with van der Waals surface area (Å²) < 4.78 is 55.8. The van der Waals surface area contributed by atoms with Gasteiger partial charge in [0.15, 0.2) is 0 Å². The van der Waals surface area contributed by atoms with Gasteiger partial charge in [0.1, 0.15) is 11.4 Å². The van der Waals surface area contributed by atoms with Gasteiger partial charge in [-0.1, -0.05) is 85.2 Å². The van der Waals surface area contributed by atoms with E-state index in [9.17, 15) is 17.6 Å². The third kappa shape index (κ3) is 4.21. The molecule has 0 spiro atoms. The molecule has 0 saturated carbocycles. The molecule has 0 bridgehead atoms. The monoisotopic (exact) mass is 731 g/mol. The van der Waals surface area contributed by atoms with Crippen molar-refractivity contribution in [2.24, 2.45) is 0 Å². The Hall–Kier alpha value is -4.43. The van der Waals surface area contributed by atoms with E-state index in [2.05, 4.69) is 22.6 Å². The van der Waals surface area contributed by atoms with E-state index in [0.29, 0.717) is 17.2 Å². The molecule has 7 rings (SSSR count). The minimum atomic E-state index is -4.61. The number of nitrogens with zero attached hydrogens (tertiary/aromatic N) is 6. The van der Waals surface area contributed by atoms with Crippen molar-refractivity contribution in [3.63, 3.8) is 0 Å². The minimum Gasteiger partial charge on any atom is -0.343 e. The van der Waals surface area contributed by atoms with E-state index in [-0.39, 0.29) is 26.9 Å². The molecule has 0 fully saturated rings. The average molecular weight is 732 g/mol. The first-order valence-electron chi connectivity index (χ1n) is 12.2. The Morgan fingerprint density at radius 1 is 0.634 bits per heavy atom. The van der Waals surface area contributed by atoms with Gasteiger partial charge in [-0.2, -0.15) is 13.2 Å². The Morgan fingerprint density at radius 2 is 1.15 bits per heavy atom. The standard InChI is InChI=1S/C30H16F4N6.Pt/c31-26-16-18-40(38-26)28-14-6-12-24(36-28)29(21-9-3-1-7-19(21)20-8-2-4-10-22(20)29)23-11-5-13-27(35-23)39-17-15-25(37-39)30(32,33)34;/h1-16H;/q-2;+2. The second-order valence-electron chi connectivity index (χ2n) is 9.18. The van der Waals surface area contributed by atoms with Gasteiger partial charge >= 0.3 is 27.2 Å². The first-order chi connectivity index (χ1) is 19.4. The second kappa shape index (κ2) is 9.89.